The van der Waals surface area contributed by atoms with E-state index in [9.17, 15) is 9.59 Å². The minimum atomic E-state index is 0.0390. The molecular weight excluding hydrogens is 354 g/mol. The molecule has 0 spiro atoms. The second-order valence-corrected chi connectivity index (χ2v) is 7.68. The predicted molar refractivity (Wildman–Crippen MR) is 100 cm³/mol. The molecule has 5 nitrogen and oxygen atoms in total. The molecule has 2 aromatic heterocycles. The van der Waals surface area contributed by atoms with Crippen molar-refractivity contribution in [2.75, 3.05) is 11.1 Å². The Morgan fingerprint density at radius 1 is 1.24 bits per heavy atom. The number of rotatable bonds is 4. The van der Waals surface area contributed by atoms with Gasteiger partial charge in [-0.15, -0.1) is 11.3 Å². The third-order valence-corrected chi connectivity index (χ3v) is 6.13. The number of fused-ring (bicyclic) bond motifs is 2. The first-order chi connectivity index (χ1) is 12.2. The lowest BCUT2D eigenvalue weighted by atomic mass is 10.0. The number of nitrogens with one attached hydrogen (secondary N) is 1. The number of anilines is 1. The molecule has 0 unspecified atom stereocenters. The minimum Gasteiger partial charge on any atom is -0.326 e. The Kier molecular flexibility index (Phi) is 4.50. The van der Waals surface area contributed by atoms with Crippen LogP contribution in [0.3, 0.4) is 0 Å². The zero-order valence-electron chi connectivity index (χ0n) is 13.3. The van der Waals surface area contributed by atoms with Crippen molar-refractivity contribution < 1.29 is 9.59 Å². The molecule has 0 atom stereocenters. The maximum Gasteiger partial charge on any atom is 0.224 e. The minimum absolute atomic E-state index is 0.0390. The molecule has 1 aliphatic rings. The Labute approximate surface area is 152 Å². The molecule has 3 aromatic rings. The number of thioether (sulfide) groups is 1. The summed E-state index contributed by atoms with van der Waals surface area (Å²) in [6.45, 7) is 0. The number of carbonyl (C=O) groups is 2. The van der Waals surface area contributed by atoms with Gasteiger partial charge < -0.3 is 5.32 Å². The van der Waals surface area contributed by atoms with E-state index in [4.69, 9.17) is 0 Å². The number of ketones is 1. The van der Waals surface area contributed by atoms with Gasteiger partial charge in [-0.3, -0.25) is 9.59 Å². The maximum absolute atomic E-state index is 12.6. The highest BCUT2D eigenvalue weighted by Gasteiger charge is 2.16. The predicted octanol–water partition coefficient (Wildman–Crippen LogP) is 3.94. The van der Waals surface area contributed by atoms with Crippen LogP contribution in [-0.4, -0.2) is 27.4 Å². The van der Waals surface area contributed by atoms with E-state index in [-0.39, 0.29) is 11.7 Å². The fourth-order valence-electron chi connectivity index (χ4n) is 2.83. The Hall–Kier alpha value is -2.25. The number of Topliss-reactive ketones (excluding diaryl/α,β-unsaturated/α-hetero) is 1. The summed E-state index contributed by atoms with van der Waals surface area (Å²) < 4.78 is 1.02. The number of aromatic nitrogens is 2. The molecule has 0 radical (unpaired) electrons. The van der Waals surface area contributed by atoms with E-state index >= 15 is 0 Å². The first kappa shape index (κ1) is 16.2. The van der Waals surface area contributed by atoms with Gasteiger partial charge in [-0.2, -0.15) is 0 Å². The van der Waals surface area contributed by atoms with Crippen molar-refractivity contribution in [1.29, 1.82) is 0 Å². The van der Waals surface area contributed by atoms with E-state index in [1.54, 1.807) is 17.4 Å². The number of benzene rings is 1. The van der Waals surface area contributed by atoms with Crippen LogP contribution in [0.2, 0.25) is 0 Å². The van der Waals surface area contributed by atoms with Gasteiger partial charge in [0.15, 0.2) is 5.78 Å². The van der Waals surface area contributed by atoms with E-state index < -0.39 is 0 Å². The van der Waals surface area contributed by atoms with Crippen LogP contribution in [-0.2, 0) is 11.2 Å². The zero-order valence-corrected chi connectivity index (χ0v) is 15.0. The van der Waals surface area contributed by atoms with E-state index in [1.165, 1.54) is 18.1 Å². The van der Waals surface area contributed by atoms with Gasteiger partial charge in [0.2, 0.25) is 5.91 Å². The maximum atomic E-state index is 12.6. The van der Waals surface area contributed by atoms with Crippen LogP contribution in [0.15, 0.2) is 41.0 Å². The van der Waals surface area contributed by atoms with Crippen molar-refractivity contribution in [3.05, 3.63) is 47.1 Å². The highest BCUT2D eigenvalue weighted by molar-refractivity contribution is 8.00. The van der Waals surface area contributed by atoms with Gasteiger partial charge in [0.05, 0.1) is 16.0 Å². The summed E-state index contributed by atoms with van der Waals surface area (Å²) in [5.41, 5.74) is 3.45. The van der Waals surface area contributed by atoms with Crippen LogP contribution in [0.4, 0.5) is 5.69 Å². The normalized spacial score (nSPS) is 14.0. The molecule has 1 amide bonds. The van der Waals surface area contributed by atoms with E-state index in [0.717, 1.165) is 39.3 Å². The molecule has 0 saturated carbocycles. The molecule has 7 heteroatoms. The monoisotopic (exact) mass is 369 g/mol. The van der Waals surface area contributed by atoms with Gasteiger partial charge in [-0.25, -0.2) is 9.97 Å². The van der Waals surface area contributed by atoms with Crippen LogP contribution in [0, 0.1) is 0 Å². The molecule has 126 valence electrons. The molecule has 4 rings (SSSR count). The fraction of sp³-hybridized carbons (Fsp3) is 0.222. The zero-order chi connectivity index (χ0) is 17.2. The Morgan fingerprint density at radius 3 is 3.08 bits per heavy atom. The van der Waals surface area contributed by atoms with E-state index in [0.29, 0.717) is 17.7 Å². The second kappa shape index (κ2) is 6.93. The summed E-state index contributed by atoms with van der Waals surface area (Å²) in [5.74, 6) is 0.429. The summed E-state index contributed by atoms with van der Waals surface area (Å²) in [6.07, 6.45) is 3.68. The van der Waals surface area contributed by atoms with Gasteiger partial charge in [0.1, 0.15) is 11.4 Å². The van der Waals surface area contributed by atoms with Gasteiger partial charge in [0.25, 0.3) is 0 Å². The van der Waals surface area contributed by atoms with Gasteiger partial charge in [-0.05, 0) is 48.1 Å². The molecule has 3 heterocycles. The van der Waals surface area contributed by atoms with Gasteiger partial charge in [-0.1, -0.05) is 11.8 Å². The van der Waals surface area contributed by atoms with Gasteiger partial charge >= 0.3 is 0 Å². The number of aryl methyl sites for hydroxylation is 1. The Balaban J connectivity index is 1.51. The molecule has 0 fully saturated rings. The van der Waals surface area contributed by atoms with Crippen LogP contribution in [0.25, 0.3) is 10.2 Å². The number of hydrogen-bond donors (Lipinski definition) is 1. The number of hydrogen-bond acceptors (Lipinski definition) is 6. The van der Waals surface area contributed by atoms with Crippen molar-refractivity contribution in [3.8, 4) is 0 Å². The molecular formula is C18H15N3O2S2. The molecule has 25 heavy (non-hydrogen) atoms. The number of nitrogens with zero attached hydrogens (tertiary/aromatic N) is 2. The Bertz CT molecular complexity index is 968. The summed E-state index contributed by atoms with van der Waals surface area (Å²) >= 11 is 3.02. The summed E-state index contributed by atoms with van der Waals surface area (Å²) in [5, 5.41) is 5.71. The summed E-state index contributed by atoms with van der Waals surface area (Å²) in [6, 6.07) is 7.48. The average molecular weight is 369 g/mol. The molecule has 0 bridgehead atoms. The fourth-order valence-corrected chi connectivity index (χ4v) is 4.68. The summed E-state index contributed by atoms with van der Waals surface area (Å²) in [4.78, 5) is 32.7. The molecule has 0 saturated heterocycles. The van der Waals surface area contributed by atoms with Crippen molar-refractivity contribution >= 4 is 50.7 Å². The highest BCUT2D eigenvalue weighted by Crippen LogP contribution is 2.29. The van der Waals surface area contributed by atoms with Crippen LogP contribution in [0.1, 0.15) is 28.8 Å². The second-order valence-electron chi connectivity index (χ2n) is 5.80. The van der Waals surface area contributed by atoms with Crippen LogP contribution in [0.5, 0.6) is 0 Å². The number of amides is 1. The largest absolute Gasteiger partial charge is 0.326 e. The quantitative estimate of drug-likeness (QED) is 0.428. The average Bonchev–Trinajstić information content (AvgIpc) is 3.02. The SMILES string of the molecule is O=C1CCCc2cc(C(=O)CSc3ncnc4ccsc34)ccc2N1. The summed E-state index contributed by atoms with van der Waals surface area (Å²) in [7, 11) is 0. The standard InChI is InChI=1S/C18H15N3O2S2/c22-15(9-25-18-17-14(6-7-24-17)19-10-20-18)12-4-5-13-11(8-12)2-1-3-16(23)21-13/h4-8,10H,1-3,9H2,(H,21,23). The van der Waals surface area contributed by atoms with Crippen LogP contribution >= 0.6 is 23.1 Å². The highest BCUT2D eigenvalue weighted by atomic mass is 32.2. The first-order valence-electron chi connectivity index (χ1n) is 7.98. The lowest BCUT2D eigenvalue weighted by molar-refractivity contribution is -0.116. The first-order valence-corrected chi connectivity index (χ1v) is 9.84. The van der Waals surface area contributed by atoms with E-state index in [2.05, 4.69) is 15.3 Å². The van der Waals surface area contributed by atoms with Crippen LogP contribution < -0.4 is 5.32 Å². The molecule has 1 aromatic carbocycles. The Morgan fingerprint density at radius 2 is 2.16 bits per heavy atom. The van der Waals surface area contributed by atoms with Crippen molar-refractivity contribution in [3.63, 3.8) is 0 Å². The molecule has 0 aliphatic carbocycles. The van der Waals surface area contributed by atoms with Gasteiger partial charge in [0, 0.05) is 17.7 Å². The van der Waals surface area contributed by atoms with Crippen molar-refractivity contribution in [2.24, 2.45) is 0 Å². The third-order valence-electron chi connectivity index (χ3n) is 4.10. The topological polar surface area (TPSA) is 72.0 Å². The molecule has 1 N–H and O–H groups in total. The van der Waals surface area contributed by atoms with Crippen molar-refractivity contribution in [2.45, 2.75) is 24.3 Å². The lowest BCUT2D eigenvalue weighted by Crippen LogP contribution is -2.10. The third kappa shape index (κ3) is 3.43. The lowest BCUT2D eigenvalue weighted by Gasteiger charge is -2.09. The number of carbonyl (C=O) groups excluding carboxylic acids is 2. The van der Waals surface area contributed by atoms with E-state index in [1.807, 2.05) is 23.6 Å². The number of thiophene rings is 1. The molecule has 1 aliphatic heterocycles. The smallest absolute Gasteiger partial charge is 0.224 e. The van der Waals surface area contributed by atoms with Crippen molar-refractivity contribution in [1.82, 2.24) is 9.97 Å².